The zero-order chi connectivity index (χ0) is 22.3. The number of nitrogens with two attached hydrogens (primary N) is 1. The summed E-state index contributed by atoms with van der Waals surface area (Å²) in [7, 11) is 0. The largest absolute Gasteiger partial charge is 0.332 e. The van der Waals surface area contributed by atoms with Crippen molar-refractivity contribution >= 4 is 63.5 Å². The average Bonchev–Trinajstić information content (AvgIpc) is 2.70. The van der Waals surface area contributed by atoms with Gasteiger partial charge in [-0.1, -0.05) is 25.4 Å². The summed E-state index contributed by atoms with van der Waals surface area (Å²) in [5.41, 5.74) is 7.80. The molecule has 0 heterocycles. The topological polar surface area (TPSA) is 108 Å². The van der Waals surface area contributed by atoms with Gasteiger partial charge in [-0.25, -0.2) is 0 Å². The first-order valence-corrected chi connectivity index (χ1v) is 10.3. The van der Waals surface area contributed by atoms with Crippen LogP contribution in [0.5, 0.6) is 0 Å². The van der Waals surface area contributed by atoms with Crippen LogP contribution in [0.4, 0.5) is 22.7 Å². The summed E-state index contributed by atoms with van der Waals surface area (Å²) >= 11 is 11.6. The number of benzene rings is 2. The van der Waals surface area contributed by atoms with Gasteiger partial charge in [-0.2, -0.15) is 0 Å². The summed E-state index contributed by atoms with van der Waals surface area (Å²) in [5, 5.41) is 12.3. The molecule has 160 valence electrons. The fourth-order valence-corrected chi connectivity index (χ4v) is 3.11. The number of amides is 2. The predicted octanol–water partition coefficient (Wildman–Crippen LogP) is 4.56. The molecule has 0 aliphatic carbocycles. The van der Waals surface area contributed by atoms with Gasteiger partial charge in [-0.05, 0) is 67.5 Å². The highest BCUT2D eigenvalue weighted by molar-refractivity contribution is 7.80. The molecule has 2 aromatic carbocycles. The highest BCUT2D eigenvalue weighted by atomic mass is 35.5. The lowest BCUT2D eigenvalue weighted by molar-refractivity contribution is -0.121. The number of carbonyl (C=O) groups excluding carboxylic acids is 2. The lowest BCUT2D eigenvalue weighted by Gasteiger charge is -2.25. The van der Waals surface area contributed by atoms with E-state index in [2.05, 4.69) is 21.3 Å². The van der Waals surface area contributed by atoms with Crippen molar-refractivity contribution in [3.63, 3.8) is 0 Å². The van der Waals surface area contributed by atoms with Crippen LogP contribution < -0.4 is 27.0 Å². The first kappa shape index (κ1) is 23.6. The van der Waals surface area contributed by atoms with Gasteiger partial charge in [-0.15, -0.1) is 0 Å². The summed E-state index contributed by atoms with van der Waals surface area (Å²) in [6.07, 6.45) is 1.05. The summed E-state index contributed by atoms with van der Waals surface area (Å²) in [6.45, 7) is 5.20. The Morgan fingerprint density at radius 3 is 1.93 bits per heavy atom. The van der Waals surface area contributed by atoms with Crippen molar-refractivity contribution in [1.29, 1.82) is 0 Å². The molecular weight excluding hydrogens is 422 g/mol. The van der Waals surface area contributed by atoms with Crippen molar-refractivity contribution in [2.75, 3.05) is 21.3 Å². The molecule has 0 spiro atoms. The number of thiocarbonyl (C=S) groups is 1. The second-order valence-corrected chi connectivity index (χ2v) is 7.67. The minimum Gasteiger partial charge on any atom is -0.332 e. The SMILES string of the molecule is CCC(N)(CC)C(=O)Nc1ccc(NC(=S)Nc2ccc(NC(C)=O)cc2)cc1Cl. The molecule has 0 saturated carbocycles. The van der Waals surface area contributed by atoms with Gasteiger partial charge in [-0.3, -0.25) is 9.59 Å². The fourth-order valence-electron chi connectivity index (χ4n) is 2.65. The molecule has 2 aromatic rings. The van der Waals surface area contributed by atoms with Gasteiger partial charge >= 0.3 is 0 Å². The number of halogens is 1. The maximum absolute atomic E-state index is 12.4. The van der Waals surface area contributed by atoms with Crippen molar-refractivity contribution in [3.05, 3.63) is 47.5 Å². The third-order valence-corrected chi connectivity index (χ3v) is 5.17. The lowest BCUT2D eigenvalue weighted by Crippen LogP contribution is -2.50. The van der Waals surface area contributed by atoms with Crippen molar-refractivity contribution in [3.8, 4) is 0 Å². The maximum Gasteiger partial charge on any atom is 0.244 e. The van der Waals surface area contributed by atoms with Crippen LogP contribution in [0.2, 0.25) is 5.02 Å². The van der Waals surface area contributed by atoms with Crippen LogP contribution in [-0.2, 0) is 9.59 Å². The molecule has 6 N–H and O–H groups in total. The molecule has 7 nitrogen and oxygen atoms in total. The van der Waals surface area contributed by atoms with Crippen LogP contribution in [0.25, 0.3) is 0 Å². The van der Waals surface area contributed by atoms with Crippen LogP contribution in [-0.4, -0.2) is 22.5 Å². The molecule has 30 heavy (non-hydrogen) atoms. The van der Waals surface area contributed by atoms with E-state index in [-0.39, 0.29) is 11.8 Å². The second-order valence-electron chi connectivity index (χ2n) is 6.85. The highest BCUT2D eigenvalue weighted by Crippen LogP contribution is 2.27. The summed E-state index contributed by atoms with van der Waals surface area (Å²) in [6, 6.07) is 12.2. The maximum atomic E-state index is 12.4. The zero-order valence-corrected chi connectivity index (χ0v) is 18.7. The molecule has 2 rings (SSSR count). The third kappa shape index (κ3) is 6.41. The Morgan fingerprint density at radius 1 is 0.933 bits per heavy atom. The van der Waals surface area contributed by atoms with E-state index in [0.29, 0.717) is 40.0 Å². The van der Waals surface area contributed by atoms with Crippen LogP contribution in [0.1, 0.15) is 33.6 Å². The predicted molar refractivity (Wildman–Crippen MR) is 128 cm³/mol. The van der Waals surface area contributed by atoms with Crippen LogP contribution in [0.15, 0.2) is 42.5 Å². The Kier molecular flexibility index (Phi) is 8.16. The molecule has 0 radical (unpaired) electrons. The quantitative estimate of drug-likeness (QED) is 0.398. The third-order valence-electron chi connectivity index (χ3n) is 4.65. The van der Waals surface area contributed by atoms with Gasteiger partial charge in [0.05, 0.1) is 16.2 Å². The van der Waals surface area contributed by atoms with E-state index >= 15 is 0 Å². The number of rotatable bonds is 7. The molecule has 0 aliphatic heterocycles. The Bertz CT molecular complexity index is 929. The first-order chi connectivity index (χ1) is 14.2. The first-order valence-electron chi connectivity index (χ1n) is 9.52. The van der Waals surface area contributed by atoms with Gasteiger partial charge < -0.3 is 27.0 Å². The minimum atomic E-state index is -0.929. The Morgan fingerprint density at radius 2 is 1.43 bits per heavy atom. The number of hydrogen-bond acceptors (Lipinski definition) is 4. The Hall–Kier alpha value is -2.68. The fraction of sp³-hybridized carbons (Fsp3) is 0.286. The van der Waals surface area contributed by atoms with Crippen LogP contribution in [0, 0.1) is 0 Å². The van der Waals surface area contributed by atoms with Crippen molar-refractivity contribution in [2.45, 2.75) is 39.2 Å². The van der Waals surface area contributed by atoms with Gasteiger partial charge in [0.25, 0.3) is 0 Å². The van der Waals surface area contributed by atoms with Crippen LogP contribution in [0.3, 0.4) is 0 Å². The molecule has 0 atom stereocenters. The molecule has 0 aliphatic rings. The number of hydrogen-bond donors (Lipinski definition) is 5. The molecule has 0 fully saturated rings. The van der Waals surface area contributed by atoms with Crippen molar-refractivity contribution in [1.82, 2.24) is 0 Å². The summed E-state index contributed by atoms with van der Waals surface area (Å²) in [5.74, 6) is -0.402. The molecule has 2 amide bonds. The van der Waals surface area contributed by atoms with E-state index in [0.717, 1.165) is 5.69 Å². The van der Waals surface area contributed by atoms with E-state index in [4.69, 9.17) is 29.6 Å². The molecule has 9 heteroatoms. The molecule has 0 saturated heterocycles. The van der Waals surface area contributed by atoms with Gasteiger partial charge in [0.2, 0.25) is 11.8 Å². The summed E-state index contributed by atoms with van der Waals surface area (Å²) < 4.78 is 0. The standard InChI is InChI=1S/C21H26ClN5O2S/c1-4-21(23,5-2)19(29)27-18-11-10-16(12-17(18)22)26-20(30)25-15-8-6-14(7-9-15)24-13(3)28/h6-12H,4-5,23H2,1-3H3,(H,24,28)(H,27,29)(H2,25,26,30). The number of nitrogens with one attached hydrogen (secondary N) is 4. The van der Waals surface area contributed by atoms with Crippen LogP contribution >= 0.6 is 23.8 Å². The minimum absolute atomic E-state index is 0.133. The van der Waals surface area contributed by atoms with E-state index in [9.17, 15) is 9.59 Å². The normalized spacial score (nSPS) is 10.8. The second kappa shape index (κ2) is 10.4. The lowest BCUT2D eigenvalue weighted by atomic mass is 9.93. The van der Waals surface area contributed by atoms with E-state index in [1.807, 2.05) is 13.8 Å². The van der Waals surface area contributed by atoms with E-state index < -0.39 is 5.54 Å². The Balaban J connectivity index is 1.99. The molecular formula is C21H26ClN5O2S. The zero-order valence-electron chi connectivity index (χ0n) is 17.1. The Labute approximate surface area is 186 Å². The smallest absolute Gasteiger partial charge is 0.244 e. The number of carbonyl (C=O) groups is 2. The molecule has 0 unspecified atom stereocenters. The highest BCUT2D eigenvalue weighted by Gasteiger charge is 2.30. The van der Waals surface area contributed by atoms with Gasteiger partial charge in [0.15, 0.2) is 5.11 Å². The van der Waals surface area contributed by atoms with Crippen molar-refractivity contribution < 1.29 is 9.59 Å². The van der Waals surface area contributed by atoms with Gasteiger partial charge in [0.1, 0.15) is 0 Å². The monoisotopic (exact) mass is 447 g/mol. The van der Waals surface area contributed by atoms with E-state index in [1.54, 1.807) is 42.5 Å². The number of anilines is 4. The average molecular weight is 448 g/mol. The summed E-state index contributed by atoms with van der Waals surface area (Å²) in [4.78, 5) is 23.5. The van der Waals surface area contributed by atoms with Gasteiger partial charge in [0, 0.05) is 24.0 Å². The van der Waals surface area contributed by atoms with Crippen molar-refractivity contribution in [2.24, 2.45) is 5.73 Å². The molecule has 0 aromatic heterocycles. The van der Waals surface area contributed by atoms with E-state index in [1.165, 1.54) is 6.92 Å². The molecule has 0 bridgehead atoms.